The molecule has 2 aliphatic heterocycles. The van der Waals surface area contributed by atoms with Gasteiger partial charge in [0.1, 0.15) is 5.75 Å². The Balaban J connectivity index is 1.45. The Morgan fingerprint density at radius 2 is 2.19 bits per heavy atom. The first-order chi connectivity index (χ1) is 12.6. The summed E-state index contributed by atoms with van der Waals surface area (Å²) in [6.07, 6.45) is 1.57. The summed E-state index contributed by atoms with van der Waals surface area (Å²) >= 11 is 0. The number of fused-ring (bicyclic) bond motifs is 1. The maximum atomic E-state index is 12.1. The number of rotatable bonds is 7. The molecule has 0 bridgehead atoms. The molecule has 0 radical (unpaired) electrons. The van der Waals surface area contributed by atoms with Crippen molar-refractivity contribution in [1.82, 2.24) is 10.2 Å². The number of nitrogens with zero attached hydrogens (tertiary/aromatic N) is 2. The fraction of sp³-hybridized carbons (Fsp3) is 0.556. The van der Waals surface area contributed by atoms with E-state index in [-0.39, 0.29) is 23.4 Å². The van der Waals surface area contributed by atoms with Crippen LogP contribution in [0.5, 0.6) is 5.75 Å². The number of phenols is 1. The number of anilines is 2. The summed E-state index contributed by atoms with van der Waals surface area (Å²) in [5.41, 5.74) is 1.75. The molecule has 0 saturated carbocycles. The van der Waals surface area contributed by atoms with Crippen molar-refractivity contribution in [1.29, 1.82) is 0 Å². The van der Waals surface area contributed by atoms with Crippen molar-refractivity contribution >= 4 is 23.6 Å². The molecule has 1 aromatic rings. The van der Waals surface area contributed by atoms with Crippen molar-refractivity contribution < 1.29 is 19.4 Å². The summed E-state index contributed by atoms with van der Waals surface area (Å²) in [6.45, 7) is 4.81. The van der Waals surface area contributed by atoms with Crippen LogP contribution in [-0.4, -0.2) is 74.8 Å². The molecule has 1 saturated heterocycles. The first kappa shape index (κ1) is 18.5. The lowest BCUT2D eigenvalue weighted by atomic mass is 10.1. The van der Waals surface area contributed by atoms with Crippen LogP contribution in [0.3, 0.4) is 0 Å². The van der Waals surface area contributed by atoms with Gasteiger partial charge >= 0.3 is 0 Å². The molecule has 0 spiro atoms. The quantitative estimate of drug-likeness (QED) is 0.484. The molecule has 1 aromatic carbocycles. The number of benzene rings is 1. The van der Waals surface area contributed by atoms with Crippen LogP contribution in [0.1, 0.15) is 23.2 Å². The van der Waals surface area contributed by atoms with Crippen LogP contribution in [0, 0.1) is 0 Å². The van der Waals surface area contributed by atoms with E-state index in [9.17, 15) is 14.7 Å². The van der Waals surface area contributed by atoms with Crippen LogP contribution in [0.25, 0.3) is 0 Å². The fourth-order valence-corrected chi connectivity index (χ4v) is 3.44. The van der Waals surface area contributed by atoms with Crippen LogP contribution >= 0.6 is 0 Å². The number of aldehydes is 1. The van der Waals surface area contributed by atoms with E-state index in [1.54, 1.807) is 6.07 Å². The highest BCUT2D eigenvalue weighted by molar-refractivity contribution is 5.96. The van der Waals surface area contributed by atoms with E-state index in [4.69, 9.17) is 4.74 Å². The predicted octanol–water partition coefficient (Wildman–Crippen LogP) is 0.621. The van der Waals surface area contributed by atoms with Crippen LogP contribution < -0.4 is 15.5 Å². The molecule has 2 heterocycles. The van der Waals surface area contributed by atoms with Gasteiger partial charge in [-0.05, 0) is 18.6 Å². The van der Waals surface area contributed by atoms with E-state index >= 15 is 0 Å². The minimum absolute atomic E-state index is 0.0165. The fourth-order valence-electron chi connectivity index (χ4n) is 3.44. The van der Waals surface area contributed by atoms with Gasteiger partial charge in [0.2, 0.25) is 5.91 Å². The smallest absolute Gasteiger partial charge is 0.220 e. The number of carbonyl (C=O) groups excluding carboxylic acids is 2. The van der Waals surface area contributed by atoms with Gasteiger partial charge in [0.05, 0.1) is 36.3 Å². The summed E-state index contributed by atoms with van der Waals surface area (Å²) in [5, 5.41) is 16.1. The normalized spacial score (nSPS) is 19.7. The molecule has 1 fully saturated rings. The highest BCUT2D eigenvalue weighted by Crippen LogP contribution is 2.40. The van der Waals surface area contributed by atoms with Gasteiger partial charge in [-0.2, -0.15) is 0 Å². The Hall–Kier alpha value is -2.32. The summed E-state index contributed by atoms with van der Waals surface area (Å²) < 4.78 is 5.31. The molecule has 1 unspecified atom stereocenters. The first-order valence-electron chi connectivity index (χ1n) is 8.97. The average molecular weight is 362 g/mol. The second kappa shape index (κ2) is 8.37. The van der Waals surface area contributed by atoms with Crippen molar-refractivity contribution in [2.45, 2.75) is 19.0 Å². The third-order valence-electron chi connectivity index (χ3n) is 4.95. The van der Waals surface area contributed by atoms with Crippen LogP contribution in [-0.2, 0) is 9.53 Å². The molecule has 1 amide bonds. The lowest BCUT2D eigenvalue weighted by molar-refractivity contribution is -0.121. The molecule has 26 heavy (non-hydrogen) atoms. The largest absolute Gasteiger partial charge is 0.507 e. The molecular weight excluding hydrogens is 336 g/mol. The van der Waals surface area contributed by atoms with E-state index in [1.807, 2.05) is 11.9 Å². The van der Waals surface area contributed by atoms with Crippen LogP contribution in [0.4, 0.5) is 11.4 Å². The number of carbonyl (C=O) groups is 2. The Bertz CT molecular complexity index is 661. The molecule has 2 aliphatic rings. The topological polar surface area (TPSA) is 94.1 Å². The molecular formula is C18H26N4O4. The number of amides is 1. The van der Waals surface area contributed by atoms with E-state index in [1.165, 1.54) is 6.07 Å². The van der Waals surface area contributed by atoms with E-state index in [0.717, 1.165) is 38.5 Å². The minimum Gasteiger partial charge on any atom is -0.507 e. The molecule has 3 rings (SSSR count). The van der Waals surface area contributed by atoms with Crippen molar-refractivity contribution in [3.8, 4) is 5.75 Å². The third kappa shape index (κ3) is 4.08. The molecule has 8 nitrogen and oxygen atoms in total. The number of aromatic hydroxyl groups is 1. The van der Waals surface area contributed by atoms with Gasteiger partial charge in [0.25, 0.3) is 0 Å². The van der Waals surface area contributed by atoms with E-state index in [2.05, 4.69) is 15.5 Å². The number of hydrogen-bond donors (Lipinski definition) is 3. The third-order valence-corrected chi connectivity index (χ3v) is 4.95. The molecule has 142 valence electrons. The standard InChI is InChI=1S/C18H26N4O4/c1-21-16(20-14-2-3-15(24)13(12-23)18(14)21)4-5-17(25)19-6-7-22-8-10-26-11-9-22/h2-3,12,16,20,24H,4-11H2,1H3,(H,19,25). The number of hydrogen-bond acceptors (Lipinski definition) is 7. The zero-order valence-corrected chi connectivity index (χ0v) is 15.0. The Labute approximate surface area is 153 Å². The second-order valence-electron chi connectivity index (χ2n) is 6.63. The van der Waals surface area contributed by atoms with Crippen LogP contribution in [0.2, 0.25) is 0 Å². The van der Waals surface area contributed by atoms with Crippen molar-refractivity contribution in [3.05, 3.63) is 17.7 Å². The lowest BCUT2D eigenvalue weighted by Gasteiger charge is -2.26. The monoisotopic (exact) mass is 362 g/mol. The number of morpholine rings is 1. The van der Waals surface area contributed by atoms with Gasteiger partial charge in [0, 0.05) is 39.6 Å². The first-order valence-corrected chi connectivity index (χ1v) is 8.97. The van der Waals surface area contributed by atoms with Crippen molar-refractivity contribution in [2.75, 3.05) is 56.7 Å². The zero-order valence-electron chi connectivity index (χ0n) is 15.0. The maximum Gasteiger partial charge on any atom is 0.220 e. The SMILES string of the molecule is CN1c2c(ccc(O)c2C=O)NC1CCC(=O)NCCN1CCOCC1. The predicted molar refractivity (Wildman–Crippen MR) is 98.8 cm³/mol. The molecule has 0 aromatic heterocycles. The Kier molecular flexibility index (Phi) is 5.95. The van der Waals surface area contributed by atoms with Gasteiger partial charge in [-0.3, -0.25) is 14.5 Å². The van der Waals surface area contributed by atoms with Crippen molar-refractivity contribution in [3.63, 3.8) is 0 Å². The Morgan fingerprint density at radius 3 is 2.92 bits per heavy atom. The van der Waals surface area contributed by atoms with Gasteiger partial charge < -0.3 is 25.4 Å². The number of ether oxygens (including phenoxy) is 1. The molecule has 0 aliphatic carbocycles. The minimum atomic E-state index is -0.0875. The molecule has 3 N–H and O–H groups in total. The summed E-state index contributed by atoms with van der Waals surface area (Å²) in [5.74, 6) is -0.0169. The van der Waals surface area contributed by atoms with E-state index in [0.29, 0.717) is 31.4 Å². The summed E-state index contributed by atoms with van der Waals surface area (Å²) in [7, 11) is 1.85. The van der Waals surface area contributed by atoms with E-state index < -0.39 is 0 Å². The lowest BCUT2D eigenvalue weighted by Crippen LogP contribution is -2.41. The van der Waals surface area contributed by atoms with Gasteiger partial charge in [-0.25, -0.2) is 0 Å². The Morgan fingerprint density at radius 1 is 1.42 bits per heavy atom. The zero-order chi connectivity index (χ0) is 18.5. The molecule has 1 atom stereocenters. The van der Waals surface area contributed by atoms with Crippen LogP contribution in [0.15, 0.2) is 12.1 Å². The number of nitrogens with one attached hydrogen (secondary N) is 2. The van der Waals surface area contributed by atoms with Crippen molar-refractivity contribution in [2.24, 2.45) is 0 Å². The summed E-state index contributed by atoms with van der Waals surface area (Å²) in [6, 6.07) is 3.25. The highest BCUT2D eigenvalue weighted by atomic mass is 16.5. The molecule has 8 heteroatoms. The second-order valence-corrected chi connectivity index (χ2v) is 6.63. The number of phenolic OH excluding ortho intramolecular Hbond substituents is 1. The summed E-state index contributed by atoms with van der Waals surface area (Å²) in [4.78, 5) is 27.5. The van der Waals surface area contributed by atoms with Gasteiger partial charge in [-0.1, -0.05) is 0 Å². The highest BCUT2D eigenvalue weighted by Gasteiger charge is 2.29. The average Bonchev–Trinajstić information content (AvgIpc) is 2.97. The van der Waals surface area contributed by atoms with Gasteiger partial charge in [0.15, 0.2) is 6.29 Å². The maximum absolute atomic E-state index is 12.1. The van der Waals surface area contributed by atoms with Gasteiger partial charge in [-0.15, -0.1) is 0 Å².